The second-order valence-corrected chi connectivity index (χ2v) is 7.40. The summed E-state index contributed by atoms with van der Waals surface area (Å²) < 4.78 is 16.0. The van der Waals surface area contributed by atoms with Crippen LogP contribution in [0.2, 0.25) is 0 Å². The summed E-state index contributed by atoms with van der Waals surface area (Å²) in [6.07, 6.45) is 3.29. The van der Waals surface area contributed by atoms with Gasteiger partial charge in [0.15, 0.2) is 0 Å². The lowest BCUT2D eigenvalue weighted by molar-refractivity contribution is 0.0791. The monoisotopic (exact) mass is 432 g/mol. The highest BCUT2D eigenvalue weighted by Crippen LogP contribution is 2.23. The highest BCUT2D eigenvalue weighted by atomic mass is 19.1. The number of hydrogen-bond acceptors (Lipinski definition) is 4. The van der Waals surface area contributed by atoms with Crippen LogP contribution < -0.4 is 11.2 Å². The minimum atomic E-state index is -0.648. The Kier molecular flexibility index (Phi) is 5.68. The molecule has 0 unspecified atom stereocenters. The van der Waals surface area contributed by atoms with Crippen LogP contribution in [-0.4, -0.2) is 39.7 Å². The van der Waals surface area contributed by atoms with Crippen LogP contribution in [0.1, 0.15) is 22.8 Å². The van der Waals surface area contributed by atoms with Crippen molar-refractivity contribution in [2.75, 3.05) is 13.1 Å². The number of carbonyl (C=O) groups is 1. The largest absolute Gasteiger partial charge is 0.329 e. The van der Waals surface area contributed by atoms with Gasteiger partial charge in [-0.05, 0) is 42.3 Å². The van der Waals surface area contributed by atoms with Gasteiger partial charge in [0.2, 0.25) is 0 Å². The number of rotatable bonds is 5. The minimum Gasteiger partial charge on any atom is -0.328 e. The average molecular weight is 432 g/mol. The first-order chi connectivity index (χ1) is 15.4. The third-order valence-corrected chi connectivity index (χ3v) is 5.40. The molecule has 8 heteroatoms. The number of halogens is 1. The number of amides is 1. The van der Waals surface area contributed by atoms with Crippen molar-refractivity contribution in [3.05, 3.63) is 104 Å². The Labute approximate surface area is 182 Å². The molecule has 1 N–H and O–H groups in total. The van der Waals surface area contributed by atoms with Crippen molar-refractivity contribution in [2.24, 2.45) is 4.99 Å². The summed E-state index contributed by atoms with van der Waals surface area (Å²) in [5, 5.41) is 0.370. The molecule has 0 spiro atoms. The number of hydrogen-bond donors (Lipinski definition) is 1. The van der Waals surface area contributed by atoms with Gasteiger partial charge in [0.25, 0.3) is 11.5 Å². The third-order valence-electron chi connectivity index (χ3n) is 5.40. The second-order valence-electron chi connectivity index (χ2n) is 7.40. The van der Waals surface area contributed by atoms with Crippen molar-refractivity contribution in [1.82, 2.24) is 14.5 Å². The zero-order chi connectivity index (χ0) is 22.8. The number of nitrogens with one attached hydrogen (secondary N) is 1. The molecule has 0 aliphatic carbocycles. The second kappa shape index (κ2) is 8.58. The van der Waals surface area contributed by atoms with Gasteiger partial charge < -0.3 is 4.90 Å². The van der Waals surface area contributed by atoms with Crippen LogP contribution in [0, 0.1) is 5.82 Å². The van der Waals surface area contributed by atoms with Crippen LogP contribution in [0.4, 0.5) is 4.39 Å². The zero-order valence-electron chi connectivity index (χ0n) is 17.5. The molecule has 0 saturated carbocycles. The Bertz CT molecular complexity index is 1410. The standard InChI is InChI=1S/C24H21FN4O3/c1-3-16-13-28(14-20(16)26-4-2)23(31)18-11-15(9-10-19(18)25)12-29-21-8-6-5-7-17(21)22(30)27-24(29)32/h3-11H,1,12-14H2,2H3,(H,27,30,32). The van der Waals surface area contributed by atoms with Crippen molar-refractivity contribution < 1.29 is 9.18 Å². The molecule has 0 atom stereocenters. The smallest absolute Gasteiger partial charge is 0.328 e. The number of aliphatic imine (C=N–C) groups is 1. The highest BCUT2D eigenvalue weighted by Gasteiger charge is 2.27. The molecule has 3 aromatic rings. The minimum absolute atomic E-state index is 0.0677. The number of H-pyrrole nitrogens is 1. The van der Waals surface area contributed by atoms with Gasteiger partial charge in [0.05, 0.1) is 35.3 Å². The van der Waals surface area contributed by atoms with Crippen LogP contribution in [0.3, 0.4) is 0 Å². The maximum absolute atomic E-state index is 14.6. The summed E-state index contributed by atoms with van der Waals surface area (Å²) in [6.45, 7) is 6.16. The van der Waals surface area contributed by atoms with Crippen LogP contribution in [0.15, 0.2) is 81.0 Å². The molecule has 162 valence electrons. The van der Waals surface area contributed by atoms with Crippen molar-refractivity contribution in [3.63, 3.8) is 0 Å². The fourth-order valence-corrected chi connectivity index (χ4v) is 3.83. The van der Waals surface area contributed by atoms with Crippen LogP contribution in [0.25, 0.3) is 10.9 Å². The summed E-state index contributed by atoms with van der Waals surface area (Å²) in [7, 11) is 0. The molecule has 7 nitrogen and oxygen atoms in total. The van der Waals surface area contributed by atoms with Crippen molar-refractivity contribution in [1.29, 1.82) is 0 Å². The van der Waals surface area contributed by atoms with E-state index in [1.165, 1.54) is 27.7 Å². The number of nitrogens with zero attached hydrogens (tertiary/aromatic N) is 3. The van der Waals surface area contributed by atoms with E-state index in [4.69, 9.17) is 0 Å². The van der Waals surface area contributed by atoms with Gasteiger partial charge in [0.1, 0.15) is 5.82 Å². The number of para-hydroxylation sites is 1. The summed E-state index contributed by atoms with van der Waals surface area (Å²) >= 11 is 0. The molecule has 4 rings (SSSR count). The summed E-state index contributed by atoms with van der Waals surface area (Å²) in [5.41, 5.74) is 1.42. The Balaban J connectivity index is 1.67. The van der Waals surface area contributed by atoms with Crippen LogP contribution in [0.5, 0.6) is 0 Å². The van der Waals surface area contributed by atoms with Gasteiger partial charge in [-0.2, -0.15) is 0 Å². The van der Waals surface area contributed by atoms with Crippen LogP contribution in [-0.2, 0) is 6.54 Å². The Hall–Kier alpha value is -4.07. The lowest BCUT2D eigenvalue weighted by Crippen LogP contribution is -2.31. The predicted octanol–water partition coefficient (Wildman–Crippen LogP) is 2.86. The van der Waals surface area contributed by atoms with E-state index in [1.807, 2.05) is 0 Å². The van der Waals surface area contributed by atoms with Gasteiger partial charge >= 0.3 is 5.69 Å². The Morgan fingerprint density at radius 3 is 2.75 bits per heavy atom. The lowest BCUT2D eigenvalue weighted by atomic mass is 10.1. The number of aromatic amines is 1. The van der Waals surface area contributed by atoms with Gasteiger partial charge in [-0.1, -0.05) is 30.9 Å². The van der Waals surface area contributed by atoms with Crippen LogP contribution >= 0.6 is 0 Å². The van der Waals surface area contributed by atoms with Gasteiger partial charge in [-0.25, -0.2) is 9.18 Å². The molecule has 1 aromatic heterocycles. The molecule has 1 aliphatic heterocycles. The molecule has 32 heavy (non-hydrogen) atoms. The molecule has 0 bridgehead atoms. The topological polar surface area (TPSA) is 87.5 Å². The number of fused-ring (bicyclic) bond motifs is 1. The summed E-state index contributed by atoms with van der Waals surface area (Å²) in [5.74, 6) is -1.12. The zero-order valence-corrected chi connectivity index (χ0v) is 17.5. The first-order valence-electron chi connectivity index (χ1n) is 10.1. The van der Waals surface area contributed by atoms with E-state index in [-0.39, 0.29) is 18.7 Å². The van der Waals surface area contributed by atoms with Crippen molar-refractivity contribution >= 4 is 23.0 Å². The van der Waals surface area contributed by atoms with E-state index in [1.54, 1.807) is 43.5 Å². The maximum atomic E-state index is 14.6. The van der Waals surface area contributed by atoms with E-state index >= 15 is 0 Å². The molecule has 2 heterocycles. The molecule has 1 amide bonds. The molecule has 1 aliphatic rings. The quantitative estimate of drug-likeness (QED) is 0.629. The number of aromatic nitrogens is 2. The van der Waals surface area contributed by atoms with Gasteiger partial charge in [0, 0.05) is 12.8 Å². The molecule has 0 saturated heterocycles. The Morgan fingerprint density at radius 2 is 2.00 bits per heavy atom. The summed E-state index contributed by atoms with van der Waals surface area (Å²) in [4.78, 5) is 45.7. The van der Waals surface area contributed by atoms with E-state index in [0.717, 1.165) is 11.3 Å². The first kappa shape index (κ1) is 21.2. The SMILES string of the molecule is C=CC1=C(N=CC)CN(C(=O)c2cc(Cn3c(=O)[nH]c(=O)c4ccccc43)ccc2F)C1. The van der Waals surface area contributed by atoms with Gasteiger partial charge in [-0.15, -0.1) is 0 Å². The summed E-state index contributed by atoms with van der Waals surface area (Å²) in [6, 6.07) is 10.9. The lowest BCUT2D eigenvalue weighted by Gasteiger charge is -2.17. The van der Waals surface area contributed by atoms with E-state index in [0.29, 0.717) is 23.0 Å². The fourth-order valence-electron chi connectivity index (χ4n) is 3.83. The maximum Gasteiger partial charge on any atom is 0.329 e. The predicted molar refractivity (Wildman–Crippen MR) is 122 cm³/mol. The number of benzene rings is 2. The van der Waals surface area contributed by atoms with Gasteiger partial charge in [-0.3, -0.25) is 24.1 Å². The average Bonchev–Trinajstić information content (AvgIpc) is 3.20. The van der Waals surface area contributed by atoms with Crippen molar-refractivity contribution in [2.45, 2.75) is 13.5 Å². The number of carbonyl (C=O) groups excluding carboxylic acids is 1. The third kappa shape index (κ3) is 3.82. The Morgan fingerprint density at radius 1 is 1.22 bits per heavy atom. The molecule has 2 aromatic carbocycles. The highest BCUT2D eigenvalue weighted by molar-refractivity contribution is 5.95. The van der Waals surface area contributed by atoms with E-state index in [9.17, 15) is 18.8 Å². The normalized spacial score (nSPS) is 14.0. The molecule has 0 fully saturated rings. The fraction of sp³-hybridized carbons (Fsp3) is 0.167. The molecular formula is C24H21FN4O3. The molecule has 0 radical (unpaired) electrons. The first-order valence-corrected chi connectivity index (χ1v) is 10.1. The van der Waals surface area contributed by atoms with Crippen molar-refractivity contribution in [3.8, 4) is 0 Å². The van der Waals surface area contributed by atoms with E-state index in [2.05, 4.69) is 16.6 Å². The van der Waals surface area contributed by atoms with E-state index < -0.39 is 23.0 Å². The molecular weight excluding hydrogens is 411 g/mol.